The highest BCUT2D eigenvalue weighted by Gasteiger charge is 2.31. The van der Waals surface area contributed by atoms with Crippen LogP contribution < -0.4 is 14.8 Å². The van der Waals surface area contributed by atoms with E-state index in [2.05, 4.69) is 45.9 Å². The summed E-state index contributed by atoms with van der Waals surface area (Å²) >= 11 is 0. The Labute approximate surface area is 214 Å². The fraction of sp³-hybridized carbons (Fsp3) is 0.577. The molecule has 9 nitrogen and oxygen atoms in total. The normalized spacial score (nSPS) is 20.6. The topological polar surface area (TPSA) is 113 Å². The summed E-state index contributed by atoms with van der Waals surface area (Å²) in [6, 6.07) is 9.73. The minimum absolute atomic E-state index is 0.00468. The van der Waals surface area contributed by atoms with Gasteiger partial charge in [0.2, 0.25) is 10.0 Å². The molecular weight excluding hydrogens is 480 g/mol. The summed E-state index contributed by atoms with van der Waals surface area (Å²) in [6.07, 6.45) is 3.34. The maximum Gasteiger partial charge on any atom is 0.242 e. The third-order valence-corrected chi connectivity index (χ3v) is 8.27. The molecule has 1 saturated heterocycles. The minimum atomic E-state index is -3.86. The lowest BCUT2D eigenvalue weighted by molar-refractivity contribution is 0.0349. The molecule has 198 valence electrons. The van der Waals surface area contributed by atoms with Gasteiger partial charge in [0.15, 0.2) is 11.6 Å². The molecule has 0 spiro atoms. The van der Waals surface area contributed by atoms with Gasteiger partial charge in [0.05, 0.1) is 25.4 Å². The Morgan fingerprint density at radius 2 is 2.08 bits per heavy atom. The number of β-amino-alcohol motifs (C(OH)–C–C–N with tert-alkyl or cyclic N) is 1. The lowest BCUT2D eigenvalue weighted by Gasteiger charge is -2.30. The van der Waals surface area contributed by atoms with Gasteiger partial charge in [-0.25, -0.2) is 18.1 Å². The van der Waals surface area contributed by atoms with Gasteiger partial charge in [0.25, 0.3) is 0 Å². The average Bonchev–Trinajstić information content (AvgIpc) is 3.21. The van der Waals surface area contributed by atoms with Gasteiger partial charge in [-0.2, -0.15) is 0 Å². The molecule has 36 heavy (non-hydrogen) atoms. The van der Waals surface area contributed by atoms with E-state index < -0.39 is 16.1 Å². The molecule has 2 aromatic rings. The number of sulfonamides is 1. The van der Waals surface area contributed by atoms with Crippen LogP contribution in [-0.4, -0.2) is 75.0 Å². The number of aliphatic hydroxyl groups is 1. The van der Waals surface area contributed by atoms with E-state index in [-0.39, 0.29) is 17.0 Å². The Bertz CT molecular complexity index is 1140. The summed E-state index contributed by atoms with van der Waals surface area (Å²) in [7, 11) is -2.37. The van der Waals surface area contributed by atoms with Crippen molar-refractivity contribution in [2.45, 2.75) is 56.3 Å². The van der Waals surface area contributed by atoms with Crippen molar-refractivity contribution < 1.29 is 23.0 Å². The fourth-order valence-corrected chi connectivity index (χ4v) is 5.99. The van der Waals surface area contributed by atoms with E-state index in [9.17, 15) is 13.5 Å². The van der Waals surface area contributed by atoms with E-state index in [0.717, 1.165) is 39.0 Å². The summed E-state index contributed by atoms with van der Waals surface area (Å²) < 4.78 is 39.4. The van der Waals surface area contributed by atoms with E-state index in [1.807, 2.05) is 12.1 Å². The number of rotatable bonds is 11. The van der Waals surface area contributed by atoms with Crippen molar-refractivity contribution in [3.05, 3.63) is 47.7 Å². The fourth-order valence-electron chi connectivity index (χ4n) is 4.96. The van der Waals surface area contributed by atoms with Crippen LogP contribution in [0, 0.1) is 5.92 Å². The Morgan fingerprint density at radius 1 is 1.31 bits per heavy atom. The number of aromatic nitrogens is 1. The van der Waals surface area contributed by atoms with E-state index in [1.54, 1.807) is 0 Å². The maximum absolute atomic E-state index is 12.9. The number of benzene rings is 1. The summed E-state index contributed by atoms with van der Waals surface area (Å²) in [5.74, 6) is 1.34. The molecule has 0 aliphatic carbocycles. The lowest BCUT2D eigenvalue weighted by Crippen LogP contribution is -2.42. The molecule has 2 aliphatic heterocycles. The van der Waals surface area contributed by atoms with Gasteiger partial charge >= 0.3 is 0 Å². The Morgan fingerprint density at radius 3 is 2.81 bits per heavy atom. The molecule has 2 aliphatic rings. The molecule has 1 aromatic carbocycles. The van der Waals surface area contributed by atoms with Crippen molar-refractivity contribution in [2.24, 2.45) is 5.92 Å². The highest BCUT2D eigenvalue weighted by Crippen LogP contribution is 2.31. The number of hydrogen-bond donors (Lipinski definition) is 3. The van der Waals surface area contributed by atoms with Gasteiger partial charge in [0, 0.05) is 45.0 Å². The van der Waals surface area contributed by atoms with Crippen LogP contribution in [0.4, 0.5) is 5.82 Å². The van der Waals surface area contributed by atoms with Crippen LogP contribution in [0.1, 0.15) is 37.8 Å². The van der Waals surface area contributed by atoms with Crippen LogP contribution in [0.2, 0.25) is 0 Å². The van der Waals surface area contributed by atoms with E-state index in [0.29, 0.717) is 30.6 Å². The van der Waals surface area contributed by atoms with Crippen LogP contribution in [0.15, 0.2) is 41.4 Å². The predicted octanol–water partition coefficient (Wildman–Crippen LogP) is 2.40. The van der Waals surface area contributed by atoms with Gasteiger partial charge in [-0.05, 0) is 50.2 Å². The van der Waals surface area contributed by atoms with Crippen LogP contribution in [0.3, 0.4) is 0 Å². The van der Waals surface area contributed by atoms with Gasteiger partial charge in [-0.15, -0.1) is 0 Å². The largest absolute Gasteiger partial charge is 0.493 e. The number of pyridine rings is 1. The van der Waals surface area contributed by atoms with Gasteiger partial charge in [0.1, 0.15) is 4.90 Å². The van der Waals surface area contributed by atoms with Crippen molar-refractivity contribution >= 4 is 15.8 Å². The van der Waals surface area contributed by atoms with Crippen LogP contribution in [0.5, 0.6) is 5.75 Å². The molecule has 3 heterocycles. The quantitative estimate of drug-likeness (QED) is 0.416. The second kappa shape index (κ2) is 11.4. The molecule has 0 saturated carbocycles. The SMILES string of the molecule is COc1cc(S(=O)(=O)NC[C@@H](O)CN2CCc3ccccc3C2)cnc1NCCC1COC(C)(C)C1. The number of methoxy groups -OCH3 is 1. The summed E-state index contributed by atoms with van der Waals surface area (Å²) in [6.45, 7) is 7.54. The first kappa shape index (κ1) is 26.8. The number of fused-ring (bicyclic) bond motifs is 1. The smallest absolute Gasteiger partial charge is 0.242 e. The maximum atomic E-state index is 12.9. The first-order valence-corrected chi connectivity index (χ1v) is 14.0. The monoisotopic (exact) mass is 518 g/mol. The molecule has 0 amide bonds. The first-order chi connectivity index (χ1) is 17.1. The van der Waals surface area contributed by atoms with Crippen molar-refractivity contribution in [3.63, 3.8) is 0 Å². The van der Waals surface area contributed by atoms with E-state index in [1.165, 1.54) is 30.5 Å². The molecule has 3 N–H and O–H groups in total. The third-order valence-electron chi connectivity index (χ3n) is 6.88. The van der Waals surface area contributed by atoms with Crippen LogP contribution >= 0.6 is 0 Å². The zero-order chi connectivity index (χ0) is 25.8. The van der Waals surface area contributed by atoms with Crippen molar-refractivity contribution in [1.29, 1.82) is 0 Å². The highest BCUT2D eigenvalue weighted by atomic mass is 32.2. The first-order valence-electron chi connectivity index (χ1n) is 12.5. The standard InChI is InChI=1S/C26H38N4O5S/c1-26(2)13-19(18-35-26)8-10-27-25-24(34-3)12-23(15-28-25)36(32,33)29-14-22(31)17-30-11-9-20-6-4-5-7-21(20)16-30/h4-7,12,15,19,22,29,31H,8-11,13-14,16-18H2,1-3H3,(H,27,28)/t19?,22-/m1/s1. The molecule has 1 aromatic heterocycles. The summed E-state index contributed by atoms with van der Waals surface area (Å²) in [5.41, 5.74) is 2.51. The number of hydrogen-bond acceptors (Lipinski definition) is 8. The van der Waals surface area contributed by atoms with Gasteiger partial charge in [-0.1, -0.05) is 24.3 Å². The lowest BCUT2D eigenvalue weighted by atomic mass is 9.95. The molecular formula is C26H38N4O5S. The second-order valence-corrected chi connectivity index (χ2v) is 12.1. The number of nitrogens with zero attached hydrogens (tertiary/aromatic N) is 2. The molecule has 2 atom stereocenters. The minimum Gasteiger partial charge on any atom is -0.493 e. The van der Waals surface area contributed by atoms with Crippen molar-refractivity contribution in [1.82, 2.24) is 14.6 Å². The van der Waals surface area contributed by atoms with Gasteiger partial charge in [-0.3, -0.25) is 4.90 Å². The third kappa shape index (κ3) is 6.95. The number of nitrogens with one attached hydrogen (secondary N) is 2. The zero-order valence-corrected chi connectivity index (χ0v) is 22.2. The Balaban J connectivity index is 1.28. The summed E-state index contributed by atoms with van der Waals surface area (Å²) in [4.78, 5) is 6.43. The second-order valence-electron chi connectivity index (χ2n) is 10.3. The van der Waals surface area contributed by atoms with Gasteiger partial charge < -0.3 is 19.9 Å². The molecule has 1 fully saturated rings. The van der Waals surface area contributed by atoms with E-state index >= 15 is 0 Å². The molecule has 10 heteroatoms. The number of ether oxygens (including phenoxy) is 2. The van der Waals surface area contributed by atoms with E-state index in [4.69, 9.17) is 9.47 Å². The predicted molar refractivity (Wildman–Crippen MR) is 139 cm³/mol. The average molecular weight is 519 g/mol. The highest BCUT2D eigenvalue weighted by molar-refractivity contribution is 7.89. The molecule has 1 unspecified atom stereocenters. The molecule has 4 rings (SSSR count). The number of anilines is 1. The zero-order valence-electron chi connectivity index (χ0n) is 21.4. The van der Waals surface area contributed by atoms with Crippen molar-refractivity contribution in [2.75, 3.05) is 45.2 Å². The Hall–Kier alpha value is -2.24. The summed E-state index contributed by atoms with van der Waals surface area (Å²) in [5, 5.41) is 13.7. The van der Waals surface area contributed by atoms with Crippen LogP contribution in [0.25, 0.3) is 0 Å². The molecule has 0 radical (unpaired) electrons. The van der Waals surface area contributed by atoms with Crippen molar-refractivity contribution in [3.8, 4) is 5.75 Å². The Kier molecular flexibility index (Phi) is 8.52. The number of aliphatic hydroxyl groups excluding tert-OH is 1. The van der Waals surface area contributed by atoms with Crippen LogP contribution in [-0.2, 0) is 27.7 Å². The molecule has 0 bridgehead atoms.